The molecule has 2 N–H and O–H groups in total. The van der Waals surface area contributed by atoms with Crippen LogP contribution in [0.15, 0.2) is 15.9 Å². The van der Waals surface area contributed by atoms with Crippen LogP contribution in [0.3, 0.4) is 0 Å². The average molecular weight is 292 g/mol. The molecule has 0 amide bonds. The molecule has 0 saturated heterocycles. The molecule has 2 unspecified atom stereocenters. The van der Waals surface area contributed by atoms with Gasteiger partial charge in [0.05, 0.1) is 3.79 Å². The normalized spacial score (nSPS) is 15.2. The number of nitrogens with two attached hydrogens (primary N) is 1. The summed E-state index contributed by atoms with van der Waals surface area (Å²) in [4.78, 5) is 1.35. The van der Waals surface area contributed by atoms with Gasteiger partial charge in [0.15, 0.2) is 0 Å². The predicted molar refractivity (Wildman–Crippen MR) is 69.4 cm³/mol. The first kappa shape index (κ1) is 13.2. The van der Waals surface area contributed by atoms with Crippen LogP contribution in [0.2, 0.25) is 0 Å². The van der Waals surface area contributed by atoms with Crippen LogP contribution < -0.4 is 5.73 Å². The van der Waals surface area contributed by atoms with Crippen LogP contribution in [0.25, 0.3) is 0 Å². The quantitative estimate of drug-likeness (QED) is 0.874. The van der Waals surface area contributed by atoms with Gasteiger partial charge in [-0.3, -0.25) is 0 Å². The molecule has 1 aromatic rings. The van der Waals surface area contributed by atoms with Crippen LogP contribution in [0.5, 0.6) is 0 Å². The van der Waals surface area contributed by atoms with Crippen LogP contribution >= 0.6 is 27.3 Å². The van der Waals surface area contributed by atoms with Crippen molar-refractivity contribution in [1.82, 2.24) is 0 Å². The Kier molecular flexibility index (Phi) is 5.82. The zero-order valence-corrected chi connectivity index (χ0v) is 11.6. The lowest BCUT2D eigenvalue weighted by Gasteiger charge is -2.15. The molecule has 2 nitrogen and oxygen atoms in total. The SMILES string of the molecule is COCC(C)CC(N)Cc1ccc(Br)s1. The van der Waals surface area contributed by atoms with Gasteiger partial charge < -0.3 is 10.5 Å². The Labute approximate surface area is 104 Å². The fraction of sp³-hybridized carbons (Fsp3) is 0.636. The van der Waals surface area contributed by atoms with E-state index in [4.69, 9.17) is 10.5 Å². The number of halogens is 1. The smallest absolute Gasteiger partial charge is 0.0701 e. The summed E-state index contributed by atoms with van der Waals surface area (Å²) in [5.41, 5.74) is 6.08. The molecule has 4 heteroatoms. The second-order valence-corrected chi connectivity index (χ2v) is 6.51. The number of rotatable bonds is 6. The number of ether oxygens (including phenoxy) is 1. The van der Waals surface area contributed by atoms with Crippen molar-refractivity contribution >= 4 is 27.3 Å². The van der Waals surface area contributed by atoms with E-state index in [1.54, 1.807) is 18.4 Å². The van der Waals surface area contributed by atoms with Crippen LogP contribution in [-0.2, 0) is 11.2 Å². The summed E-state index contributed by atoms with van der Waals surface area (Å²) in [5, 5.41) is 0. The van der Waals surface area contributed by atoms with Gasteiger partial charge in [0.2, 0.25) is 0 Å². The fourth-order valence-electron chi connectivity index (χ4n) is 1.67. The lowest BCUT2D eigenvalue weighted by molar-refractivity contribution is 0.152. The van der Waals surface area contributed by atoms with Gasteiger partial charge in [-0.1, -0.05) is 6.92 Å². The molecule has 0 aliphatic heterocycles. The summed E-state index contributed by atoms with van der Waals surface area (Å²) in [6, 6.07) is 4.45. The molecule has 0 aliphatic carbocycles. The molecule has 86 valence electrons. The summed E-state index contributed by atoms with van der Waals surface area (Å²) in [6.07, 6.45) is 1.98. The summed E-state index contributed by atoms with van der Waals surface area (Å²) < 4.78 is 6.27. The minimum atomic E-state index is 0.237. The molecule has 0 bridgehead atoms. The zero-order valence-electron chi connectivity index (χ0n) is 9.20. The topological polar surface area (TPSA) is 35.2 Å². The molecule has 0 fully saturated rings. The summed E-state index contributed by atoms with van der Waals surface area (Å²) in [7, 11) is 1.73. The van der Waals surface area contributed by atoms with Crippen LogP contribution in [0.4, 0.5) is 0 Å². The molecule has 0 radical (unpaired) electrons. The Balaban J connectivity index is 2.32. The maximum Gasteiger partial charge on any atom is 0.0701 e. The van der Waals surface area contributed by atoms with Gasteiger partial charge in [-0.15, -0.1) is 11.3 Å². The minimum Gasteiger partial charge on any atom is -0.384 e. The van der Waals surface area contributed by atoms with Crippen molar-refractivity contribution < 1.29 is 4.74 Å². The van der Waals surface area contributed by atoms with Gasteiger partial charge in [0.1, 0.15) is 0 Å². The van der Waals surface area contributed by atoms with Crippen molar-refractivity contribution in [2.24, 2.45) is 11.7 Å². The summed E-state index contributed by atoms with van der Waals surface area (Å²) in [6.45, 7) is 2.97. The van der Waals surface area contributed by atoms with E-state index in [0.717, 1.165) is 19.4 Å². The van der Waals surface area contributed by atoms with Crippen molar-refractivity contribution in [2.75, 3.05) is 13.7 Å². The summed E-state index contributed by atoms with van der Waals surface area (Å²) >= 11 is 5.22. The lowest BCUT2D eigenvalue weighted by Crippen LogP contribution is -2.26. The molecule has 2 atom stereocenters. The average Bonchev–Trinajstić information content (AvgIpc) is 2.51. The van der Waals surface area contributed by atoms with Crippen molar-refractivity contribution in [1.29, 1.82) is 0 Å². The molecule has 1 heterocycles. The van der Waals surface area contributed by atoms with E-state index in [2.05, 4.69) is 35.0 Å². The highest BCUT2D eigenvalue weighted by molar-refractivity contribution is 9.11. The third kappa shape index (κ3) is 5.11. The van der Waals surface area contributed by atoms with Gasteiger partial charge >= 0.3 is 0 Å². The third-order valence-electron chi connectivity index (χ3n) is 2.25. The van der Waals surface area contributed by atoms with E-state index < -0.39 is 0 Å². The molecule has 0 spiro atoms. The fourth-order valence-corrected chi connectivity index (χ4v) is 3.25. The highest BCUT2D eigenvalue weighted by Crippen LogP contribution is 2.23. The maximum absolute atomic E-state index is 6.08. The van der Waals surface area contributed by atoms with Crippen molar-refractivity contribution in [2.45, 2.75) is 25.8 Å². The number of hydrogen-bond acceptors (Lipinski definition) is 3. The maximum atomic E-state index is 6.08. The Morgan fingerprint density at radius 2 is 2.27 bits per heavy atom. The molecule has 0 saturated carbocycles. The minimum absolute atomic E-state index is 0.237. The van der Waals surface area contributed by atoms with E-state index in [-0.39, 0.29) is 6.04 Å². The Morgan fingerprint density at radius 1 is 1.53 bits per heavy atom. The van der Waals surface area contributed by atoms with Crippen LogP contribution in [0.1, 0.15) is 18.2 Å². The van der Waals surface area contributed by atoms with Crippen LogP contribution in [0, 0.1) is 5.92 Å². The predicted octanol–water partition coefficient (Wildman–Crippen LogP) is 3.05. The molecule has 0 aromatic carbocycles. The van der Waals surface area contributed by atoms with Gasteiger partial charge in [0.25, 0.3) is 0 Å². The molecule has 15 heavy (non-hydrogen) atoms. The molecule has 1 rings (SSSR count). The van der Waals surface area contributed by atoms with Crippen molar-refractivity contribution in [3.63, 3.8) is 0 Å². The Bertz CT molecular complexity index is 290. The highest BCUT2D eigenvalue weighted by atomic mass is 79.9. The first-order valence-electron chi connectivity index (χ1n) is 5.10. The zero-order chi connectivity index (χ0) is 11.3. The van der Waals surface area contributed by atoms with Gasteiger partial charge in [0, 0.05) is 24.6 Å². The molecular weight excluding hydrogens is 274 g/mol. The second-order valence-electron chi connectivity index (χ2n) is 3.97. The number of hydrogen-bond donors (Lipinski definition) is 1. The van der Waals surface area contributed by atoms with E-state index in [9.17, 15) is 0 Å². The van der Waals surface area contributed by atoms with E-state index >= 15 is 0 Å². The molecule has 1 aromatic heterocycles. The summed E-state index contributed by atoms with van der Waals surface area (Å²) in [5.74, 6) is 0.536. The van der Waals surface area contributed by atoms with Gasteiger partial charge in [-0.2, -0.15) is 0 Å². The van der Waals surface area contributed by atoms with Crippen LogP contribution in [-0.4, -0.2) is 19.8 Å². The number of methoxy groups -OCH3 is 1. The standard InChI is InChI=1S/C11H18BrNOS/c1-8(7-14-2)5-9(13)6-10-3-4-11(12)15-10/h3-4,8-9H,5-7,13H2,1-2H3. The van der Waals surface area contributed by atoms with Gasteiger partial charge in [-0.25, -0.2) is 0 Å². The van der Waals surface area contributed by atoms with Gasteiger partial charge in [-0.05, 0) is 46.8 Å². The Hall–Kier alpha value is 0.1000. The monoisotopic (exact) mass is 291 g/mol. The largest absolute Gasteiger partial charge is 0.384 e. The van der Waals surface area contributed by atoms with E-state index in [1.165, 1.54) is 8.66 Å². The highest BCUT2D eigenvalue weighted by Gasteiger charge is 2.10. The Morgan fingerprint density at radius 3 is 2.80 bits per heavy atom. The van der Waals surface area contributed by atoms with E-state index in [0.29, 0.717) is 5.92 Å². The first-order chi connectivity index (χ1) is 7.11. The number of thiophene rings is 1. The molecular formula is C11H18BrNOS. The first-order valence-corrected chi connectivity index (χ1v) is 6.71. The lowest BCUT2D eigenvalue weighted by atomic mass is 10.0. The van der Waals surface area contributed by atoms with Crippen molar-refractivity contribution in [3.8, 4) is 0 Å². The third-order valence-corrected chi connectivity index (χ3v) is 3.89. The second kappa shape index (κ2) is 6.63. The van der Waals surface area contributed by atoms with E-state index in [1.807, 2.05) is 0 Å². The van der Waals surface area contributed by atoms with Crippen molar-refractivity contribution in [3.05, 3.63) is 20.8 Å². The molecule has 0 aliphatic rings.